The maximum absolute atomic E-state index is 14.6. The Labute approximate surface area is 287 Å². The summed E-state index contributed by atoms with van der Waals surface area (Å²) in [6, 6.07) is 5.45. The van der Waals surface area contributed by atoms with Gasteiger partial charge in [-0.2, -0.15) is 9.37 Å². The Hall–Kier alpha value is -4.79. The quantitative estimate of drug-likeness (QED) is 0.355. The van der Waals surface area contributed by atoms with Crippen molar-refractivity contribution in [2.75, 3.05) is 56.9 Å². The van der Waals surface area contributed by atoms with Crippen molar-refractivity contribution in [2.45, 2.75) is 39.2 Å². The van der Waals surface area contributed by atoms with E-state index in [0.29, 0.717) is 57.8 Å². The standard InChI is InChI=1S/C33H39ClF2N8O5/c1-33(2,3)49-32(48)44-10-8-19(9-11-44)30(46)42-12-14-43(15-13-42)31(47)21-7-6-20(16-23(21)34)39-29(45)28-38-18-25(41(28)5)22-17-24(35)27(37-4)40-26(22)36/h6-7,16-19H,8-15H2,1-5H3,(H,37,40)(H,39,45). The zero-order valence-corrected chi connectivity index (χ0v) is 28.7. The number of hydrogen-bond donors (Lipinski definition) is 2. The number of anilines is 2. The molecule has 16 heteroatoms. The summed E-state index contributed by atoms with van der Waals surface area (Å²) in [6.45, 7) is 7.76. The molecular formula is C33H39ClF2N8O5. The second-order valence-electron chi connectivity index (χ2n) is 12.9. The number of halogens is 3. The van der Waals surface area contributed by atoms with Gasteiger partial charge in [0.25, 0.3) is 11.8 Å². The molecule has 0 aliphatic carbocycles. The van der Waals surface area contributed by atoms with E-state index in [-0.39, 0.29) is 57.3 Å². The van der Waals surface area contributed by atoms with Crippen LogP contribution in [0, 0.1) is 17.7 Å². The molecule has 0 unspecified atom stereocenters. The number of piperidine rings is 1. The van der Waals surface area contributed by atoms with Gasteiger partial charge in [0.2, 0.25) is 11.9 Å². The fourth-order valence-corrected chi connectivity index (χ4v) is 6.10. The number of piperazine rings is 1. The molecule has 2 aliphatic heterocycles. The molecule has 1 aromatic carbocycles. The van der Waals surface area contributed by atoms with Crippen LogP contribution in [0.4, 0.5) is 25.1 Å². The van der Waals surface area contributed by atoms with Crippen LogP contribution in [0.2, 0.25) is 5.02 Å². The molecule has 2 aromatic heterocycles. The van der Waals surface area contributed by atoms with Gasteiger partial charge >= 0.3 is 6.09 Å². The van der Waals surface area contributed by atoms with Gasteiger partial charge in [-0.15, -0.1) is 0 Å². The van der Waals surface area contributed by atoms with Crippen molar-refractivity contribution in [3.63, 3.8) is 0 Å². The van der Waals surface area contributed by atoms with Crippen molar-refractivity contribution in [3.05, 3.63) is 58.6 Å². The third kappa shape index (κ3) is 7.93. The van der Waals surface area contributed by atoms with Crippen molar-refractivity contribution in [1.29, 1.82) is 0 Å². The van der Waals surface area contributed by atoms with Crippen LogP contribution in [0.15, 0.2) is 30.5 Å². The van der Waals surface area contributed by atoms with Crippen LogP contribution in [-0.4, -0.2) is 105 Å². The van der Waals surface area contributed by atoms with Gasteiger partial charge in [-0.1, -0.05) is 11.6 Å². The summed E-state index contributed by atoms with van der Waals surface area (Å²) in [5.41, 5.74) is -0.0747. The third-order valence-electron chi connectivity index (χ3n) is 8.47. The van der Waals surface area contributed by atoms with E-state index in [1.807, 2.05) is 20.8 Å². The van der Waals surface area contributed by atoms with E-state index in [9.17, 15) is 28.0 Å². The average molecular weight is 701 g/mol. The zero-order valence-electron chi connectivity index (χ0n) is 28.0. The Balaban J connectivity index is 1.15. The van der Waals surface area contributed by atoms with E-state index in [4.69, 9.17) is 16.3 Å². The van der Waals surface area contributed by atoms with Gasteiger partial charge in [-0.3, -0.25) is 14.4 Å². The Morgan fingerprint density at radius 3 is 2.22 bits per heavy atom. The lowest BCUT2D eigenvalue weighted by Crippen LogP contribution is -2.53. The number of rotatable bonds is 6. The highest BCUT2D eigenvalue weighted by atomic mass is 35.5. The second kappa shape index (κ2) is 14.4. The summed E-state index contributed by atoms with van der Waals surface area (Å²) < 4.78 is 35.6. The number of ether oxygens (including phenoxy) is 1. The first-order valence-corrected chi connectivity index (χ1v) is 16.3. The third-order valence-corrected chi connectivity index (χ3v) is 8.78. The van der Waals surface area contributed by atoms with Crippen LogP contribution in [0.3, 0.4) is 0 Å². The summed E-state index contributed by atoms with van der Waals surface area (Å²) >= 11 is 6.49. The molecule has 2 saturated heterocycles. The number of nitrogens with one attached hydrogen (secondary N) is 2. The number of imidazole rings is 1. The van der Waals surface area contributed by atoms with Crippen molar-refractivity contribution in [1.82, 2.24) is 29.2 Å². The number of hydrogen-bond acceptors (Lipinski definition) is 8. The Bertz CT molecular complexity index is 1760. The molecule has 2 fully saturated rings. The lowest BCUT2D eigenvalue weighted by Gasteiger charge is -2.38. The minimum atomic E-state index is -0.932. The van der Waals surface area contributed by atoms with Crippen molar-refractivity contribution in [3.8, 4) is 11.3 Å². The van der Waals surface area contributed by atoms with Crippen molar-refractivity contribution in [2.24, 2.45) is 13.0 Å². The first kappa shape index (κ1) is 35.5. The molecule has 0 bridgehead atoms. The monoisotopic (exact) mass is 700 g/mol. The largest absolute Gasteiger partial charge is 0.444 e. The first-order valence-electron chi connectivity index (χ1n) is 15.9. The highest BCUT2D eigenvalue weighted by Crippen LogP contribution is 2.28. The Morgan fingerprint density at radius 1 is 0.959 bits per heavy atom. The van der Waals surface area contributed by atoms with Crippen LogP contribution in [-0.2, 0) is 16.6 Å². The highest BCUT2D eigenvalue weighted by molar-refractivity contribution is 6.34. The van der Waals surface area contributed by atoms with Gasteiger partial charge in [0, 0.05) is 65.0 Å². The van der Waals surface area contributed by atoms with Gasteiger partial charge in [-0.05, 0) is 57.9 Å². The van der Waals surface area contributed by atoms with E-state index in [1.165, 1.54) is 43.1 Å². The molecule has 49 heavy (non-hydrogen) atoms. The van der Waals surface area contributed by atoms with E-state index in [1.54, 1.807) is 14.7 Å². The van der Waals surface area contributed by atoms with Crippen LogP contribution in [0.25, 0.3) is 11.3 Å². The predicted molar refractivity (Wildman–Crippen MR) is 178 cm³/mol. The summed E-state index contributed by atoms with van der Waals surface area (Å²) in [7, 11) is 2.90. The van der Waals surface area contributed by atoms with Crippen LogP contribution in [0.5, 0.6) is 0 Å². The molecule has 2 aliphatic rings. The fraction of sp³-hybridized carbons (Fsp3) is 0.455. The highest BCUT2D eigenvalue weighted by Gasteiger charge is 2.34. The maximum Gasteiger partial charge on any atom is 0.410 e. The molecule has 262 valence electrons. The number of carbonyl (C=O) groups excluding carboxylic acids is 4. The zero-order chi connectivity index (χ0) is 35.6. The van der Waals surface area contributed by atoms with E-state index in [2.05, 4.69) is 20.6 Å². The molecule has 0 radical (unpaired) electrons. The molecule has 4 amide bonds. The smallest absolute Gasteiger partial charge is 0.410 e. The number of carbonyl (C=O) groups is 4. The fourth-order valence-electron chi connectivity index (χ4n) is 5.84. The Morgan fingerprint density at radius 2 is 1.61 bits per heavy atom. The second-order valence-corrected chi connectivity index (χ2v) is 13.3. The molecule has 5 rings (SSSR count). The average Bonchev–Trinajstić information content (AvgIpc) is 3.45. The predicted octanol–water partition coefficient (Wildman–Crippen LogP) is 4.64. The lowest BCUT2D eigenvalue weighted by molar-refractivity contribution is -0.138. The van der Waals surface area contributed by atoms with E-state index in [0.717, 1.165) is 6.07 Å². The van der Waals surface area contributed by atoms with Crippen molar-refractivity contribution >= 4 is 46.9 Å². The first-order chi connectivity index (χ1) is 23.2. The summed E-state index contributed by atoms with van der Waals surface area (Å²) in [4.78, 5) is 64.7. The molecule has 4 heterocycles. The summed E-state index contributed by atoms with van der Waals surface area (Å²) in [5.74, 6) is -3.13. The topological polar surface area (TPSA) is 142 Å². The molecule has 2 N–H and O–H groups in total. The lowest BCUT2D eigenvalue weighted by atomic mass is 9.95. The van der Waals surface area contributed by atoms with Gasteiger partial charge in [0.1, 0.15) is 5.60 Å². The summed E-state index contributed by atoms with van der Waals surface area (Å²) in [6.07, 6.45) is 1.98. The van der Waals surface area contributed by atoms with Gasteiger partial charge in [0.15, 0.2) is 17.5 Å². The van der Waals surface area contributed by atoms with E-state index >= 15 is 0 Å². The van der Waals surface area contributed by atoms with E-state index < -0.39 is 23.3 Å². The molecule has 13 nitrogen and oxygen atoms in total. The van der Waals surface area contributed by atoms with Gasteiger partial charge < -0.3 is 34.6 Å². The molecule has 0 spiro atoms. The number of likely N-dealkylation sites (tertiary alicyclic amines) is 1. The summed E-state index contributed by atoms with van der Waals surface area (Å²) in [5, 5.41) is 5.25. The SMILES string of the molecule is CNc1nc(F)c(-c2cnc(C(=O)Nc3ccc(C(=O)N4CCN(C(=O)C5CCN(C(=O)OC(C)(C)C)CC5)CC4)c(Cl)c3)n2C)cc1F. The Kier molecular flexibility index (Phi) is 10.4. The maximum atomic E-state index is 14.6. The minimum Gasteiger partial charge on any atom is -0.444 e. The molecule has 3 aromatic rings. The number of pyridine rings is 1. The normalized spacial score (nSPS) is 15.6. The molecular weight excluding hydrogens is 662 g/mol. The van der Waals surface area contributed by atoms with Crippen LogP contribution in [0.1, 0.15) is 54.6 Å². The molecule has 0 saturated carbocycles. The van der Waals surface area contributed by atoms with Crippen molar-refractivity contribution < 1.29 is 32.7 Å². The van der Waals surface area contributed by atoms with Crippen LogP contribution >= 0.6 is 11.6 Å². The number of amides is 4. The molecule has 0 atom stereocenters. The number of benzene rings is 1. The number of aromatic nitrogens is 3. The van der Waals surface area contributed by atoms with Gasteiger partial charge in [0.05, 0.1) is 28.0 Å². The minimum absolute atomic E-state index is 0.0227. The van der Waals surface area contributed by atoms with Crippen LogP contribution < -0.4 is 10.6 Å². The van der Waals surface area contributed by atoms with Gasteiger partial charge in [-0.25, -0.2) is 14.2 Å². The number of nitrogens with zero attached hydrogens (tertiary/aromatic N) is 6.